The van der Waals surface area contributed by atoms with Gasteiger partial charge in [-0.3, -0.25) is 0 Å². The highest BCUT2D eigenvalue weighted by Gasteiger charge is 2.16. The third kappa shape index (κ3) is 5.33. The lowest BCUT2D eigenvalue weighted by Crippen LogP contribution is -2.09. The number of unbranched alkanes of at least 4 members (excludes halogenated alkanes) is 3. The molecule has 0 atom stereocenters. The number of rotatable bonds is 9. The average Bonchev–Trinajstić information content (AvgIpc) is 2.67. The molecule has 0 fully saturated rings. The maximum Gasteiger partial charge on any atom is 0.337 e. The molecule has 0 bridgehead atoms. The van der Waals surface area contributed by atoms with Crippen molar-refractivity contribution in [2.75, 3.05) is 12.8 Å². The van der Waals surface area contributed by atoms with Crippen LogP contribution in [0, 0.1) is 0 Å². The van der Waals surface area contributed by atoms with Crippen molar-refractivity contribution in [3.05, 3.63) is 64.2 Å². The molecular formula is C22H27NO4. The first kappa shape index (κ1) is 20.5. The van der Waals surface area contributed by atoms with Gasteiger partial charge in [-0.1, -0.05) is 44.4 Å². The Balaban J connectivity index is 2.29. The van der Waals surface area contributed by atoms with Crippen molar-refractivity contribution in [1.82, 2.24) is 0 Å². The summed E-state index contributed by atoms with van der Waals surface area (Å²) in [4.78, 5) is 23.0. The molecule has 0 aliphatic heterocycles. The standard InChI is InChI=1S/C22H27NO4/c1-3-4-5-6-7-16-12-13-18(21(24)25)20(23)19(16)14-15-8-10-17(11-9-15)22(26)27-2/h8-13H,3-7,14,23H2,1-2H3,(H,24,25). The summed E-state index contributed by atoms with van der Waals surface area (Å²) in [6.45, 7) is 2.17. The summed E-state index contributed by atoms with van der Waals surface area (Å²) in [5, 5.41) is 9.39. The van der Waals surface area contributed by atoms with Gasteiger partial charge in [0.25, 0.3) is 0 Å². The molecule has 2 rings (SSSR count). The van der Waals surface area contributed by atoms with Gasteiger partial charge in [-0.2, -0.15) is 0 Å². The minimum atomic E-state index is -1.02. The molecule has 27 heavy (non-hydrogen) atoms. The number of carbonyl (C=O) groups is 2. The fraction of sp³-hybridized carbons (Fsp3) is 0.364. The molecule has 2 aromatic carbocycles. The number of ether oxygens (including phenoxy) is 1. The quantitative estimate of drug-likeness (QED) is 0.387. The number of nitrogen functional groups attached to an aromatic ring is 1. The maximum absolute atomic E-state index is 11.6. The van der Waals surface area contributed by atoms with Crippen LogP contribution in [0.15, 0.2) is 36.4 Å². The lowest BCUT2D eigenvalue weighted by atomic mass is 9.92. The predicted molar refractivity (Wildman–Crippen MR) is 106 cm³/mol. The van der Waals surface area contributed by atoms with Crippen LogP contribution in [-0.2, 0) is 17.6 Å². The van der Waals surface area contributed by atoms with E-state index in [1.807, 2.05) is 18.2 Å². The molecule has 0 saturated carbocycles. The Morgan fingerprint density at radius 2 is 1.74 bits per heavy atom. The molecule has 0 spiro atoms. The molecule has 0 aromatic heterocycles. The number of benzene rings is 2. The molecule has 5 heteroatoms. The van der Waals surface area contributed by atoms with E-state index in [1.165, 1.54) is 20.0 Å². The van der Waals surface area contributed by atoms with Crippen LogP contribution < -0.4 is 5.73 Å². The Morgan fingerprint density at radius 3 is 2.33 bits per heavy atom. The number of anilines is 1. The molecule has 0 radical (unpaired) electrons. The summed E-state index contributed by atoms with van der Waals surface area (Å²) < 4.78 is 4.71. The summed E-state index contributed by atoms with van der Waals surface area (Å²) in [7, 11) is 1.35. The highest BCUT2D eigenvalue weighted by molar-refractivity contribution is 5.94. The second-order valence-electron chi connectivity index (χ2n) is 6.65. The Bertz CT molecular complexity index is 797. The van der Waals surface area contributed by atoms with Crippen molar-refractivity contribution < 1.29 is 19.4 Å². The molecule has 0 amide bonds. The number of carboxylic acid groups (broad SMARTS) is 1. The minimum absolute atomic E-state index is 0.133. The smallest absolute Gasteiger partial charge is 0.337 e. The van der Waals surface area contributed by atoms with E-state index in [1.54, 1.807) is 18.2 Å². The summed E-state index contributed by atoms with van der Waals surface area (Å²) in [6, 6.07) is 10.6. The second-order valence-corrected chi connectivity index (χ2v) is 6.65. The third-order valence-electron chi connectivity index (χ3n) is 4.74. The number of hydrogen-bond donors (Lipinski definition) is 2. The summed E-state index contributed by atoms with van der Waals surface area (Å²) in [5.41, 5.74) is 10.1. The summed E-state index contributed by atoms with van der Waals surface area (Å²) >= 11 is 0. The van der Waals surface area contributed by atoms with Gasteiger partial charge in [0.1, 0.15) is 0 Å². The number of carbonyl (C=O) groups excluding carboxylic acids is 1. The van der Waals surface area contributed by atoms with Crippen molar-refractivity contribution in [3.63, 3.8) is 0 Å². The zero-order valence-corrected chi connectivity index (χ0v) is 16.0. The molecule has 0 heterocycles. The topological polar surface area (TPSA) is 89.6 Å². The lowest BCUT2D eigenvalue weighted by molar-refractivity contribution is 0.0599. The van der Waals surface area contributed by atoms with E-state index in [-0.39, 0.29) is 11.5 Å². The number of carboxylic acids is 1. The van der Waals surface area contributed by atoms with E-state index in [0.29, 0.717) is 17.7 Å². The number of aryl methyl sites for hydroxylation is 1. The Kier molecular flexibility index (Phi) is 7.41. The van der Waals surface area contributed by atoms with E-state index in [9.17, 15) is 14.7 Å². The van der Waals surface area contributed by atoms with Gasteiger partial charge in [0, 0.05) is 5.69 Å². The van der Waals surface area contributed by atoms with Gasteiger partial charge < -0.3 is 15.6 Å². The molecule has 5 nitrogen and oxygen atoms in total. The maximum atomic E-state index is 11.6. The van der Waals surface area contributed by atoms with Crippen molar-refractivity contribution >= 4 is 17.6 Å². The van der Waals surface area contributed by atoms with Crippen LogP contribution in [-0.4, -0.2) is 24.2 Å². The molecule has 3 N–H and O–H groups in total. The van der Waals surface area contributed by atoms with Crippen LogP contribution in [0.1, 0.15) is 70.0 Å². The van der Waals surface area contributed by atoms with Crippen LogP contribution in [0.3, 0.4) is 0 Å². The monoisotopic (exact) mass is 369 g/mol. The first-order chi connectivity index (χ1) is 13.0. The van der Waals surface area contributed by atoms with Crippen LogP contribution in [0.25, 0.3) is 0 Å². The van der Waals surface area contributed by atoms with Crippen LogP contribution in [0.2, 0.25) is 0 Å². The second kappa shape index (κ2) is 9.76. The largest absolute Gasteiger partial charge is 0.478 e. The number of methoxy groups -OCH3 is 1. The highest BCUT2D eigenvalue weighted by atomic mass is 16.5. The highest BCUT2D eigenvalue weighted by Crippen LogP contribution is 2.27. The molecule has 0 saturated heterocycles. The molecule has 144 valence electrons. The van der Waals surface area contributed by atoms with Gasteiger partial charge >= 0.3 is 11.9 Å². The normalized spacial score (nSPS) is 10.6. The van der Waals surface area contributed by atoms with Crippen molar-refractivity contribution in [3.8, 4) is 0 Å². The SMILES string of the molecule is CCCCCCc1ccc(C(=O)O)c(N)c1Cc1ccc(C(=O)OC)cc1. The van der Waals surface area contributed by atoms with Crippen LogP contribution in [0.5, 0.6) is 0 Å². The van der Waals surface area contributed by atoms with Crippen molar-refractivity contribution in [2.24, 2.45) is 0 Å². The number of aromatic carboxylic acids is 1. The van der Waals surface area contributed by atoms with Gasteiger partial charge in [-0.25, -0.2) is 9.59 Å². The van der Waals surface area contributed by atoms with Gasteiger partial charge in [-0.15, -0.1) is 0 Å². The van der Waals surface area contributed by atoms with E-state index < -0.39 is 5.97 Å². The van der Waals surface area contributed by atoms with Gasteiger partial charge in [0.05, 0.1) is 18.2 Å². The summed E-state index contributed by atoms with van der Waals surface area (Å²) in [5.74, 6) is -1.40. The minimum Gasteiger partial charge on any atom is -0.478 e. The molecule has 2 aromatic rings. The fourth-order valence-corrected chi connectivity index (χ4v) is 3.16. The molecule has 0 unspecified atom stereocenters. The lowest BCUT2D eigenvalue weighted by Gasteiger charge is -2.15. The van der Waals surface area contributed by atoms with E-state index in [2.05, 4.69) is 6.92 Å². The number of hydrogen-bond acceptors (Lipinski definition) is 4. The van der Waals surface area contributed by atoms with Crippen molar-refractivity contribution in [2.45, 2.75) is 45.4 Å². The van der Waals surface area contributed by atoms with Gasteiger partial charge in [-0.05, 0) is 54.2 Å². The number of nitrogens with two attached hydrogens (primary N) is 1. The molecular weight excluding hydrogens is 342 g/mol. The van der Waals surface area contributed by atoms with Crippen LogP contribution >= 0.6 is 0 Å². The third-order valence-corrected chi connectivity index (χ3v) is 4.74. The van der Waals surface area contributed by atoms with Crippen molar-refractivity contribution in [1.29, 1.82) is 0 Å². The Labute approximate surface area is 160 Å². The average molecular weight is 369 g/mol. The first-order valence-electron chi connectivity index (χ1n) is 9.28. The van der Waals surface area contributed by atoms with Crippen LogP contribution in [0.4, 0.5) is 5.69 Å². The number of esters is 1. The zero-order valence-electron chi connectivity index (χ0n) is 16.0. The fourth-order valence-electron chi connectivity index (χ4n) is 3.16. The zero-order chi connectivity index (χ0) is 19.8. The first-order valence-corrected chi connectivity index (χ1v) is 9.28. The molecule has 0 aliphatic rings. The summed E-state index contributed by atoms with van der Waals surface area (Å²) in [6.07, 6.45) is 5.95. The van der Waals surface area contributed by atoms with E-state index in [4.69, 9.17) is 10.5 Å². The Hall–Kier alpha value is -2.82. The Morgan fingerprint density at radius 1 is 1.04 bits per heavy atom. The van der Waals surface area contributed by atoms with E-state index >= 15 is 0 Å². The predicted octanol–water partition coefficient (Wildman–Crippen LogP) is 4.47. The molecule has 0 aliphatic carbocycles. The van der Waals surface area contributed by atoms with Gasteiger partial charge in [0.15, 0.2) is 0 Å². The van der Waals surface area contributed by atoms with Gasteiger partial charge in [0.2, 0.25) is 0 Å². The van der Waals surface area contributed by atoms with E-state index in [0.717, 1.165) is 36.0 Å².